The molecule has 0 N–H and O–H groups in total. The van der Waals surface area contributed by atoms with Crippen molar-refractivity contribution in [1.29, 1.82) is 0 Å². The van der Waals surface area contributed by atoms with Gasteiger partial charge in [-0.1, -0.05) is 17.3 Å². The molecule has 0 fully saturated rings. The van der Waals surface area contributed by atoms with Gasteiger partial charge < -0.3 is 14.0 Å². The Hall–Kier alpha value is -3.44. The highest BCUT2D eigenvalue weighted by Crippen LogP contribution is 2.38. The van der Waals surface area contributed by atoms with E-state index in [1.807, 2.05) is 0 Å². The number of ether oxygens (including phenoxy) is 2. The van der Waals surface area contributed by atoms with Gasteiger partial charge in [-0.2, -0.15) is 4.98 Å². The number of thiophene rings is 1. The van der Waals surface area contributed by atoms with Crippen LogP contribution in [-0.4, -0.2) is 38.8 Å². The number of hydrogen-bond donors (Lipinski definition) is 0. The van der Waals surface area contributed by atoms with Gasteiger partial charge in [0, 0.05) is 18.7 Å². The van der Waals surface area contributed by atoms with Crippen molar-refractivity contribution in [3.63, 3.8) is 0 Å². The zero-order valence-corrected chi connectivity index (χ0v) is 18.3. The van der Waals surface area contributed by atoms with Crippen molar-refractivity contribution in [3.05, 3.63) is 59.7 Å². The Kier molecular flexibility index (Phi) is 5.06. The van der Waals surface area contributed by atoms with Crippen LogP contribution in [0.15, 0.2) is 63.3 Å². The Bertz CT molecular complexity index is 1400. The summed E-state index contributed by atoms with van der Waals surface area (Å²) in [6.07, 6.45) is 0. The summed E-state index contributed by atoms with van der Waals surface area (Å²) < 4.78 is 57.8. The SMILES string of the molecule is CN(c1ccc2c(c1)OCCO2)S(=O)(=O)c1ccsc1-c1nc(-c2cccc(F)c2)no1. The molecule has 0 aliphatic carbocycles. The highest BCUT2D eigenvalue weighted by Gasteiger charge is 2.29. The van der Waals surface area contributed by atoms with Crippen molar-refractivity contribution >= 4 is 27.0 Å². The monoisotopic (exact) mass is 473 g/mol. The van der Waals surface area contributed by atoms with E-state index in [-0.39, 0.29) is 16.6 Å². The van der Waals surface area contributed by atoms with E-state index in [0.29, 0.717) is 40.8 Å². The molecule has 1 aliphatic rings. The summed E-state index contributed by atoms with van der Waals surface area (Å²) in [6, 6.07) is 12.2. The number of rotatable bonds is 5. The summed E-state index contributed by atoms with van der Waals surface area (Å²) in [5.74, 6) is 0.815. The topological polar surface area (TPSA) is 94.8 Å². The minimum Gasteiger partial charge on any atom is -0.486 e. The van der Waals surface area contributed by atoms with Crippen LogP contribution in [-0.2, 0) is 10.0 Å². The third kappa shape index (κ3) is 3.59. The molecule has 0 unspecified atom stereocenters. The van der Waals surface area contributed by atoms with Gasteiger partial charge in [-0.05, 0) is 35.7 Å². The van der Waals surface area contributed by atoms with Crippen LogP contribution in [0, 0.1) is 5.82 Å². The number of sulfonamides is 1. The fourth-order valence-corrected chi connectivity index (χ4v) is 5.73. The van der Waals surface area contributed by atoms with Gasteiger partial charge in [0.1, 0.15) is 28.8 Å². The van der Waals surface area contributed by atoms with Crippen LogP contribution >= 0.6 is 11.3 Å². The van der Waals surface area contributed by atoms with Crippen molar-refractivity contribution in [2.24, 2.45) is 0 Å². The second-order valence-corrected chi connectivity index (χ2v) is 9.70. The van der Waals surface area contributed by atoms with Gasteiger partial charge in [0.05, 0.1) is 5.69 Å². The maximum Gasteiger partial charge on any atom is 0.269 e. The molecule has 164 valence electrons. The van der Waals surface area contributed by atoms with E-state index in [9.17, 15) is 12.8 Å². The Morgan fingerprint density at radius 3 is 2.69 bits per heavy atom. The molecule has 0 spiro atoms. The van der Waals surface area contributed by atoms with Crippen molar-refractivity contribution < 1.29 is 26.8 Å². The minimum atomic E-state index is -3.96. The van der Waals surface area contributed by atoms with Crippen LogP contribution in [0.5, 0.6) is 11.5 Å². The average Bonchev–Trinajstić information content (AvgIpc) is 3.48. The first-order valence-corrected chi connectivity index (χ1v) is 11.8. The maximum atomic E-state index is 13.5. The number of anilines is 1. The van der Waals surface area contributed by atoms with E-state index in [1.165, 1.54) is 31.3 Å². The number of nitrogens with zero attached hydrogens (tertiary/aromatic N) is 3. The Morgan fingerprint density at radius 2 is 1.88 bits per heavy atom. The molecule has 2 aromatic carbocycles. The van der Waals surface area contributed by atoms with Crippen LogP contribution in [0.2, 0.25) is 0 Å². The average molecular weight is 474 g/mol. The molecule has 0 saturated carbocycles. The third-order valence-electron chi connectivity index (χ3n) is 4.86. The van der Waals surface area contributed by atoms with Crippen molar-refractivity contribution in [2.75, 3.05) is 24.6 Å². The molecule has 0 atom stereocenters. The summed E-state index contributed by atoms with van der Waals surface area (Å²) in [5.41, 5.74) is 0.840. The molecule has 32 heavy (non-hydrogen) atoms. The molecule has 0 radical (unpaired) electrons. The predicted octanol–water partition coefficient (Wildman–Crippen LogP) is 4.20. The van der Waals surface area contributed by atoms with Gasteiger partial charge in [0.25, 0.3) is 15.9 Å². The lowest BCUT2D eigenvalue weighted by atomic mass is 10.2. The van der Waals surface area contributed by atoms with Crippen LogP contribution in [0.1, 0.15) is 0 Å². The molecule has 5 rings (SSSR count). The maximum absolute atomic E-state index is 13.5. The normalized spacial score (nSPS) is 13.2. The highest BCUT2D eigenvalue weighted by atomic mass is 32.2. The van der Waals surface area contributed by atoms with Crippen LogP contribution in [0.25, 0.3) is 22.2 Å². The molecule has 1 aliphatic heterocycles. The Labute approximate surface area is 186 Å². The van der Waals surface area contributed by atoms with Gasteiger partial charge in [0.15, 0.2) is 11.5 Å². The minimum absolute atomic E-state index is 0.0225. The predicted molar refractivity (Wildman–Crippen MR) is 116 cm³/mol. The first-order valence-electron chi connectivity index (χ1n) is 9.49. The van der Waals surface area contributed by atoms with Gasteiger partial charge in [0.2, 0.25) is 5.82 Å². The summed E-state index contributed by atoms with van der Waals surface area (Å²) in [5, 5.41) is 5.50. The number of halogens is 1. The quantitative estimate of drug-likeness (QED) is 0.429. The standard InChI is InChI=1S/C21H16FN3O5S2/c1-25(15-5-6-16-17(12-15)29-9-8-28-16)32(26,27)18-7-10-31-19(18)21-23-20(24-30-21)13-3-2-4-14(22)11-13/h2-7,10-12H,8-9H2,1H3. The Balaban J connectivity index is 1.49. The highest BCUT2D eigenvalue weighted by molar-refractivity contribution is 7.93. The summed E-state index contributed by atoms with van der Waals surface area (Å²) >= 11 is 1.16. The van der Waals surface area contributed by atoms with Crippen molar-refractivity contribution in [3.8, 4) is 33.7 Å². The smallest absolute Gasteiger partial charge is 0.269 e. The fraction of sp³-hybridized carbons (Fsp3) is 0.143. The number of fused-ring (bicyclic) bond motifs is 1. The van der Waals surface area contributed by atoms with Gasteiger partial charge in [-0.3, -0.25) is 4.31 Å². The molecule has 0 bridgehead atoms. The second kappa shape index (κ2) is 7.92. The molecule has 4 aromatic rings. The van der Waals surface area contributed by atoms with Gasteiger partial charge in [-0.25, -0.2) is 12.8 Å². The van der Waals surface area contributed by atoms with E-state index in [1.54, 1.807) is 29.6 Å². The van der Waals surface area contributed by atoms with Crippen molar-refractivity contribution in [1.82, 2.24) is 10.1 Å². The number of hydrogen-bond acceptors (Lipinski definition) is 8. The molecule has 0 saturated heterocycles. The molecule has 8 nitrogen and oxygen atoms in total. The van der Waals surface area contributed by atoms with Crippen LogP contribution in [0.3, 0.4) is 0 Å². The lowest BCUT2D eigenvalue weighted by molar-refractivity contribution is 0.171. The lowest BCUT2D eigenvalue weighted by Gasteiger charge is -2.23. The van der Waals surface area contributed by atoms with Crippen LogP contribution in [0.4, 0.5) is 10.1 Å². The number of benzene rings is 2. The van der Waals surface area contributed by atoms with E-state index in [0.717, 1.165) is 15.6 Å². The Morgan fingerprint density at radius 1 is 1.06 bits per heavy atom. The summed E-state index contributed by atoms with van der Waals surface area (Å²) in [4.78, 5) is 4.59. The van der Waals surface area contributed by atoms with Crippen LogP contribution < -0.4 is 13.8 Å². The number of aromatic nitrogens is 2. The second-order valence-electron chi connectivity index (χ2n) is 6.85. The van der Waals surface area contributed by atoms with E-state index >= 15 is 0 Å². The molecule has 0 amide bonds. The molecule has 2 aromatic heterocycles. The summed E-state index contributed by atoms with van der Waals surface area (Å²) in [6.45, 7) is 0.840. The summed E-state index contributed by atoms with van der Waals surface area (Å²) in [7, 11) is -2.50. The third-order valence-corrected chi connectivity index (χ3v) is 7.72. The zero-order valence-electron chi connectivity index (χ0n) is 16.7. The van der Waals surface area contributed by atoms with Gasteiger partial charge in [-0.15, -0.1) is 11.3 Å². The van der Waals surface area contributed by atoms with E-state index in [2.05, 4.69) is 10.1 Å². The molecular formula is C21H16FN3O5S2. The first-order chi connectivity index (χ1) is 15.4. The van der Waals surface area contributed by atoms with E-state index in [4.69, 9.17) is 14.0 Å². The van der Waals surface area contributed by atoms with Gasteiger partial charge >= 0.3 is 0 Å². The van der Waals surface area contributed by atoms with E-state index < -0.39 is 15.8 Å². The molecule has 3 heterocycles. The lowest BCUT2D eigenvalue weighted by Crippen LogP contribution is -2.27. The first kappa shape index (κ1) is 20.5. The fourth-order valence-electron chi connectivity index (χ4n) is 3.23. The molecular weight excluding hydrogens is 457 g/mol. The van der Waals surface area contributed by atoms with Crippen molar-refractivity contribution in [2.45, 2.75) is 4.90 Å². The largest absolute Gasteiger partial charge is 0.486 e. The zero-order chi connectivity index (χ0) is 22.3. The molecule has 11 heteroatoms.